The van der Waals surface area contributed by atoms with Crippen molar-refractivity contribution in [3.05, 3.63) is 69.3 Å². The Hall–Kier alpha value is -3.27. The van der Waals surface area contributed by atoms with Gasteiger partial charge in [-0.15, -0.1) is 0 Å². The van der Waals surface area contributed by atoms with Crippen molar-refractivity contribution in [1.82, 2.24) is 14.9 Å². The van der Waals surface area contributed by atoms with E-state index in [0.717, 1.165) is 29.9 Å². The van der Waals surface area contributed by atoms with Gasteiger partial charge < -0.3 is 10.2 Å². The molecule has 0 unspecified atom stereocenters. The maximum Gasteiger partial charge on any atom is 0.270 e. The monoisotopic (exact) mass is 553 g/mol. The van der Waals surface area contributed by atoms with Gasteiger partial charge in [-0.3, -0.25) is 14.7 Å². The van der Waals surface area contributed by atoms with Gasteiger partial charge in [0.05, 0.1) is 22.3 Å². The van der Waals surface area contributed by atoms with Crippen LogP contribution in [0.3, 0.4) is 0 Å². The van der Waals surface area contributed by atoms with Gasteiger partial charge in [-0.25, -0.2) is 14.3 Å². The maximum absolute atomic E-state index is 15.7. The lowest BCUT2D eigenvalue weighted by Crippen LogP contribution is -2.51. The summed E-state index contributed by atoms with van der Waals surface area (Å²) in [6.45, 7) is 4.44. The zero-order valence-corrected chi connectivity index (χ0v) is 22.5. The van der Waals surface area contributed by atoms with Crippen LogP contribution in [-0.4, -0.2) is 60.0 Å². The number of nitrogens with one attached hydrogen (secondary N) is 1. The topological polar surface area (TPSA) is 77.0 Å². The van der Waals surface area contributed by atoms with Crippen LogP contribution in [0.15, 0.2) is 47.6 Å². The number of fused-ring (bicyclic) bond motifs is 3. The second-order valence-corrected chi connectivity index (χ2v) is 10.7. The highest BCUT2D eigenvalue weighted by molar-refractivity contribution is 6.43. The molecular formula is C27H26Cl2FN7O. The molecule has 6 rings (SSSR count). The minimum Gasteiger partial charge on any atom is -0.324 e. The van der Waals surface area contributed by atoms with Crippen LogP contribution >= 0.6 is 23.2 Å². The quantitative estimate of drug-likeness (QED) is 0.455. The Bertz CT molecular complexity index is 1450. The molecule has 1 N–H and O–H groups in total. The highest BCUT2D eigenvalue weighted by Crippen LogP contribution is 2.41. The Kier molecular flexibility index (Phi) is 6.25. The van der Waals surface area contributed by atoms with Crippen LogP contribution in [0.2, 0.25) is 10.0 Å². The van der Waals surface area contributed by atoms with Gasteiger partial charge in [-0.2, -0.15) is 4.98 Å². The molecule has 0 atom stereocenters. The molecule has 3 aliphatic rings. The number of rotatable bonds is 4. The SMILES string of the molecule is Cc1cc(Nc2ncc3c(n2)N2CCN=C2N(c2c(Cl)cccc2Cl)C3=O)ccc1C1(F)CCN(C)CC1. The molecule has 11 heteroatoms. The first kappa shape index (κ1) is 25.0. The molecule has 0 radical (unpaired) electrons. The average Bonchev–Trinajstić information content (AvgIpc) is 3.37. The number of hydrogen-bond acceptors (Lipinski definition) is 7. The molecular weight excluding hydrogens is 528 g/mol. The van der Waals surface area contributed by atoms with Gasteiger partial charge in [0.1, 0.15) is 11.2 Å². The van der Waals surface area contributed by atoms with Crippen LogP contribution in [0.25, 0.3) is 0 Å². The highest BCUT2D eigenvalue weighted by Gasteiger charge is 2.41. The summed E-state index contributed by atoms with van der Waals surface area (Å²) in [5, 5.41) is 3.90. The number of carbonyl (C=O) groups is 1. The van der Waals surface area contributed by atoms with Crippen molar-refractivity contribution in [2.45, 2.75) is 25.4 Å². The van der Waals surface area contributed by atoms with E-state index in [1.807, 2.05) is 37.1 Å². The number of amides is 1. The smallest absolute Gasteiger partial charge is 0.270 e. The lowest BCUT2D eigenvalue weighted by atomic mass is 9.84. The van der Waals surface area contributed by atoms with E-state index in [9.17, 15) is 4.79 Å². The van der Waals surface area contributed by atoms with Crippen molar-refractivity contribution in [3.63, 3.8) is 0 Å². The number of aromatic nitrogens is 2. The number of likely N-dealkylation sites (tertiary alicyclic amines) is 1. The van der Waals surface area contributed by atoms with Gasteiger partial charge in [0.2, 0.25) is 11.9 Å². The minimum absolute atomic E-state index is 0.320. The number of guanidine groups is 1. The van der Waals surface area contributed by atoms with Crippen LogP contribution in [0.4, 0.5) is 27.5 Å². The third-order valence-electron chi connectivity index (χ3n) is 7.38. The number of aliphatic imine (C=N–C) groups is 1. The molecule has 1 amide bonds. The Morgan fingerprint density at radius 3 is 2.53 bits per heavy atom. The number of para-hydroxylation sites is 1. The first-order chi connectivity index (χ1) is 18.2. The van der Waals surface area contributed by atoms with Crippen LogP contribution in [-0.2, 0) is 5.67 Å². The zero-order chi connectivity index (χ0) is 26.6. The second-order valence-electron chi connectivity index (χ2n) is 9.90. The molecule has 0 aliphatic carbocycles. The maximum atomic E-state index is 15.7. The van der Waals surface area contributed by atoms with Crippen molar-refractivity contribution in [2.24, 2.45) is 4.99 Å². The third kappa shape index (κ3) is 4.19. The fraction of sp³-hybridized carbons (Fsp3) is 0.333. The van der Waals surface area contributed by atoms with E-state index in [1.165, 1.54) is 11.1 Å². The summed E-state index contributed by atoms with van der Waals surface area (Å²) >= 11 is 12.9. The molecule has 0 spiro atoms. The van der Waals surface area contributed by atoms with Crippen LogP contribution < -0.4 is 15.1 Å². The molecule has 8 nitrogen and oxygen atoms in total. The number of anilines is 4. The van der Waals surface area contributed by atoms with Crippen LogP contribution in [0.5, 0.6) is 0 Å². The average molecular weight is 554 g/mol. The van der Waals surface area contributed by atoms with E-state index in [1.54, 1.807) is 18.2 Å². The number of nitrogens with zero attached hydrogens (tertiary/aromatic N) is 6. The molecule has 2 aromatic carbocycles. The normalized spacial score (nSPS) is 18.8. The first-order valence-corrected chi connectivity index (χ1v) is 13.2. The summed E-state index contributed by atoms with van der Waals surface area (Å²) in [7, 11) is 2.02. The highest BCUT2D eigenvalue weighted by atomic mass is 35.5. The first-order valence-electron chi connectivity index (χ1n) is 12.5. The van der Waals surface area contributed by atoms with E-state index in [2.05, 4.69) is 25.2 Å². The number of halogens is 3. The number of piperidine rings is 1. The number of aryl methyl sites for hydroxylation is 1. The molecule has 1 aromatic heterocycles. The Balaban J connectivity index is 1.29. The summed E-state index contributed by atoms with van der Waals surface area (Å²) in [6, 6.07) is 10.7. The van der Waals surface area contributed by atoms with Crippen LogP contribution in [0.1, 0.15) is 34.3 Å². The zero-order valence-electron chi connectivity index (χ0n) is 21.0. The van der Waals surface area contributed by atoms with Crippen molar-refractivity contribution in [2.75, 3.05) is 48.3 Å². The predicted molar refractivity (Wildman–Crippen MR) is 149 cm³/mol. The van der Waals surface area contributed by atoms with Gasteiger partial charge in [0, 0.05) is 31.5 Å². The van der Waals surface area contributed by atoms with E-state index >= 15 is 4.39 Å². The summed E-state index contributed by atoms with van der Waals surface area (Å²) in [4.78, 5) is 32.6. The number of hydrogen-bond donors (Lipinski definition) is 1. The molecule has 38 heavy (non-hydrogen) atoms. The van der Waals surface area contributed by atoms with E-state index in [4.69, 9.17) is 23.2 Å². The van der Waals surface area contributed by atoms with Gasteiger partial charge in [0.25, 0.3) is 5.91 Å². The summed E-state index contributed by atoms with van der Waals surface area (Å²) in [5.41, 5.74) is 1.72. The van der Waals surface area contributed by atoms with Gasteiger partial charge in [-0.05, 0) is 62.2 Å². The van der Waals surface area contributed by atoms with Crippen molar-refractivity contribution < 1.29 is 9.18 Å². The second kappa shape index (κ2) is 9.48. The van der Waals surface area contributed by atoms with Gasteiger partial charge in [0.15, 0.2) is 5.82 Å². The molecule has 0 saturated carbocycles. The molecule has 0 bridgehead atoms. The summed E-state index contributed by atoms with van der Waals surface area (Å²) in [6.07, 6.45) is 2.46. The number of benzene rings is 2. The van der Waals surface area contributed by atoms with Crippen molar-refractivity contribution >= 4 is 58.2 Å². The minimum atomic E-state index is -1.32. The number of alkyl halides is 1. The molecule has 1 saturated heterocycles. The fourth-order valence-electron chi connectivity index (χ4n) is 5.35. The van der Waals surface area contributed by atoms with Gasteiger partial charge in [-0.1, -0.05) is 35.3 Å². The number of carbonyl (C=O) groups excluding carboxylic acids is 1. The Labute approximate surface area is 230 Å². The molecule has 3 aliphatic heterocycles. The van der Waals surface area contributed by atoms with E-state index in [-0.39, 0.29) is 5.91 Å². The Morgan fingerprint density at radius 2 is 1.82 bits per heavy atom. The van der Waals surface area contributed by atoms with Crippen molar-refractivity contribution in [3.8, 4) is 0 Å². The fourth-order valence-corrected chi connectivity index (χ4v) is 5.91. The summed E-state index contributed by atoms with van der Waals surface area (Å²) < 4.78 is 15.7. The predicted octanol–water partition coefficient (Wildman–Crippen LogP) is 5.56. The van der Waals surface area contributed by atoms with E-state index in [0.29, 0.717) is 65.0 Å². The van der Waals surface area contributed by atoms with Gasteiger partial charge >= 0.3 is 0 Å². The third-order valence-corrected chi connectivity index (χ3v) is 7.99. The lowest BCUT2D eigenvalue weighted by Gasteiger charge is -2.36. The lowest BCUT2D eigenvalue weighted by molar-refractivity contribution is 0.0668. The van der Waals surface area contributed by atoms with E-state index < -0.39 is 5.67 Å². The van der Waals surface area contributed by atoms with Crippen molar-refractivity contribution in [1.29, 1.82) is 0 Å². The largest absolute Gasteiger partial charge is 0.324 e. The Morgan fingerprint density at radius 1 is 1.08 bits per heavy atom. The molecule has 3 aromatic rings. The molecule has 196 valence electrons. The molecule has 1 fully saturated rings. The molecule has 4 heterocycles. The standard InChI is InChI=1S/C27H26Cl2FN7O/c1-16-14-17(6-7-19(16)27(30)8-11-35(2)12-9-27)33-25-32-15-18-23(34-25)36-13-10-31-26(36)37(24(18)38)22-20(28)4-3-5-21(22)29/h3-7,14-15H,8-13H2,1-2H3,(H,32,33,34). The summed E-state index contributed by atoms with van der Waals surface area (Å²) in [5.74, 6) is 0.859. The van der Waals surface area contributed by atoms with Crippen LogP contribution in [0, 0.1) is 6.92 Å².